The number of hydrogen-bond donors (Lipinski definition) is 0. The first-order chi connectivity index (χ1) is 7.18. The summed E-state index contributed by atoms with van der Waals surface area (Å²) in [6.45, 7) is 18.7. The average molecular weight is 237 g/mol. The van der Waals surface area contributed by atoms with Crippen molar-refractivity contribution in [2.45, 2.75) is 44.9 Å². The molecule has 1 rings (SSSR count). The van der Waals surface area contributed by atoms with Gasteiger partial charge in [-0.25, -0.2) is 0 Å². The van der Waals surface area contributed by atoms with Gasteiger partial charge in [-0.2, -0.15) is 0 Å². The van der Waals surface area contributed by atoms with Crippen LogP contribution in [0.5, 0.6) is 0 Å². The maximum absolute atomic E-state index is 12.1. The summed E-state index contributed by atoms with van der Waals surface area (Å²) in [5.74, 6) is 0.179. The third-order valence-corrected chi connectivity index (χ3v) is 9.52. The van der Waals surface area contributed by atoms with Gasteiger partial charge in [-0.15, -0.1) is 13.2 Å². The molecule has 1 aliphatic heterocycles. The van der Waals surface area contributed by atoms with E-state index in [2.05, 4.69) is 51.6 Å². The Kier molecular flexibility index (Phi) is 3.21. The van der Waals surface area contributed by atoms with Gasteiger partial charge in [0.15, 0.2) is 8.24 Å². The van der Waals surface area contributed by atoms with E-state index in [1.165, 1.54) is 0 Å². The molecule has 1 amide bonds. The molecule has 1 fully saturated rings. The summed E-state index contributed by atoms with van der Waals surface area (Å²) in [6.07, 6.45) is 3.63. The zero-order valence-corrected chi connectivity index (χ0v) is 12.1. The molecule has 0 radical (unpaired) electrons. The summed E-state index contributed by atoms with van der Waals surface area (Å²) >= 11 is 0. The quantitative estimate of drug-likeness (QED) is 0.419. The summed E-state index contributed by atoms with van der Waals surface area (Å²) < 4.78 is 2.08. The van der Waals surface area contributed by atoms with Crippen molar-refractivity contribution in [1.82, 2.24) is 4.57 Å². The molecule has 0 bridgehead atoms. The fourth-order valence-electron chi connectivity index (χ4n) is 2.03. The van der Waals surface area contributed by atoms with E-state index >= 15 is 0 Å². The SMILES string of the molecule is C=C[C@H]1C(=O)N([Si](C)(C)C(C)(C)C)[C@H]1C=C. The molecule has 0 spiro atoms. The highest BCUT2D eigenvalue weighted by Gasteiger charge is 2.55. The number of rotatable bonds is 3. The molecule has 2 atom stereocenters. The second-order valence-corrected chi connectivity index (χ2v) is 11.1. The van der Waals surface area contributed by atoms with Crippen LogP contribution in [0.2, 0.25) is 18.1 Å². The Morgan fingerprint density at radius 1 is 1.25 bits per heavy atom. The summed E-state index contributed by atoms with van der Waals surface area (Å²) in [4.78, 5) is 12.1. The lowest BCUT2D eigenvalue weighted by Gasteiger charge is -2.57. The van der Waals surface area contributed by atoms with Crippen LogP contribution in [0.4, 0.5) is 0 Å². The van der Waals surface area contributed by atoms with Crippen molar-refractivity contribution < 1.29 is 4.79 Å². The summed E-state index contributed by atoms with van der Waals surface area (Å²) in [6, 6.07) is 0.158. The number of hydrogen-bond acceptors (Lipinski definition) is 1. The third-order valence-electron chi connectivity index (χ3n) is 4.12. The highest BCUT2D eigenvalue weighted by atomic mass is 28.3. The van der Waals surface area contributed by atoms with E-state index in [0.717, 1.165) is 0 Å². The number of nitrogens with zero attached hydrogens (tertiary/aromatic N) is 1. The molecular formula is C13H23NOSi. The van der Waals surface area contributed by atoms with Gasteiger partial charge in [0.05, 0.1) is 12.0 Å². The Morgan fingerprint density at radius 3 is 2.06 bits per heavy atom. The van der Waals surface area contributed by atoms with Crippen molar-refractivity contribution in [1.29, 1.82) is 0 Å². The zero-order valence-electron chi connectivity index (χ0n) is 11.1. The van der Waals surface area contributed by atoms with Gasteiger partial charge in [-0.1, -0.05) is 46.0 Å². The van der Waals surface area contributed by atoms with E-state index in [0.29, 0.717) is 0 Å². The van der Waals surface area contributed by atoms with Crippen molar-refractivity contribution in [2.24, 2.45) is 5.92 Å². The normalized spacial score (nSPS) is 26.3. The molecule has 2 nitrogen and oxygen atoms in total. The second kappa shape index (κ2) is 3.88. The van der Waals surface area contributed by atoms with Gasteiger partial charge < -0.3 is 4.57 Å². The molecule has 3 heteroatoms. The zero-order chi connectivity index (χ0) is 12.7. The van der Waals surface area contributed by atoms with E-state index in [-0.39, 0.29) is 22.9 Å². The Hall–Kier alpha value is -0.833. The van der Waals surface area contributed by atoms with Gasteiger partial charge in [0.1, 0.15) is 0 Å². The van der Waals surface area contributed by atoms with E-state index in [1.807, 2.05) is 6.08 Å². The molecule has 1 saturated heterocycles. The van der Waals surface area contributed by atoms with E-state index in [1.54, 1.807) is 6.08 Å². The first-order valence-electron chi connectivity index (χ1n) is 5.76. The topological polar surface area (TPSA) is 20.3 Å². The van der Waals surface area contributed by atoms with Crippen molar-refractivity contribution >= 4 is 14.1 Å². The lowest BCUT2D eigenvalue weighted by atomic mass is 9.91. The number of carbonyl (C=O) groups excluding carboxylic acids is 1. The first-order valence-corrected chi connectivity index (χ1v) is 8.71. The summed E-state index contributed by atoms with van der Waals surface area (Å²) in [5.41, 5.74) is 0. The molecule has 0 aromatic heterocycles. The standard InChI is InChI=1S/C13H23NOSi/c1-8-10-11(9-2)14(12(10)15)16(6,7)13(3,4)5/h8-11H,1-2H2,3-7H3/t10-,11+/m1/s1. The molecule has 0 aliphatic carbocycles. The van der Waals surface area contributed by atoms with Gasteiger partial charge in [-0.05, 0) is 5.04 Å². The summed E-state index contributed by atoms with van der Waals surface area (Å²) in [5, 5.41) is 0.177. The van der Waals surface area contributed by atoms with Gasteiger partial charge in [0.2, 0.25) is 5.91 Å². The van der Waals surface area contributed by atoms with Crippen molar-refractivity contribution in [3.8, 4) is 0 Å². The van der Waals surface area contributed by atoms with Crippen LogP contribution >= 0.6 is 0 Å². The highest BCUT2D eigenvalue weighted by Crippen LogP contribution is 2.45. The molecule has 0 N–H and O–H groups in total. The first kappa shape index (κ1) is 13.2. The molecule has 0 unspecified atom stereocenters. The Morgan fingerprint density at radius 2 is 1.75 bits per heavy atom. The Balaban J connectivity index is 3.03. The van der Waals surface area contributed by atoms with Crippen molar-refractivity contribution in [3.63, 3.8) is 0 Å². The minimum Gasteiger partial charge on any atom is -0.362 e. The third kappa shape index (κ3) is 1.67. The van der Waals surface area contributed by atoms with E-state index in [4.69, 9.17) is 0 Å². The fraction of sp³-hybridized carbons (Fsp3) is 0.615. The molecule has 0 aromatic carbocycles. The highest BCUT2D eigenvalue weighted by molar-refractivity contribution is 6.80. The molecule has 0 saturated carbocycles. The van der Waals surface area contributed by atoms with E-state index in [9.17, 15) is 4.79 Å². The fourth-order valence-corrected chi connectivity index (χ4v) is 4.47. The average Bonchev–Trinajstić information content (AvgIpc) is 2.12. The van der Waals surface area contributed by atoms with Crippen LogP contribution in [0, 0.1) is 5.92 Å². The second-order valence-electron chi connectivity index (χ2n) is 6.01. The van der Waals surface area contributed by atoms with Crippen LogP contribution in [0.25, 0.3) is 0 Å². The Labute approximate surface area is 100 Å². The molecule has 16 heavy (non-hydrogen) atoms. The predicted molar refractivity (Wildman–Crippen MR) is 71.7 cm³/mol. The van der Waals surface area contributed by atoms with E-state index < -0.39 is 8.24 Å². The minimum atomic E-state index is -1.76. The van der Waals surface area contributed by atoms with Crippen LogP contribution in [0.15, 0.2) is 25.3 Å². The van der Waals surface area contributed by atoms with Gasteiger partial charge >= 0.3 is 0 Å². The number of carbonyl (C=O) groups is 1. The predicted octanol–water partition coefficient (Wildman–Crippen LogP) is 3.19. The van der Waals surface area contributed by atoms with Crippen LogP contribution in [-0.4, -0.2) is 24.7 Å². The van der Waals surface area contributed by atoms with Gasteiger partial charge in [-0.3, -0.25) is 4.79 Å². The largest absolute Gasteiger partial charge is 0.362 e. The van der Waals surface area contributed by atoms with Crippen LogP contribution in [0.1, 0.15) is 20.8 Å². The Bertz CT molecular complexity index is 327. The molecule has 90 valence electrons. The lowest BCUT2D eigenvalue weighted by molar-refractivity contribution is -0.142. The lowest BCUT2D eigenvalue weighted by Crippen LogP contribution is -2.71. The molecule has 0 aromatic rings. The van der Waals surface area contributed by atoms with Crippen molar-refractivity contribution in [2.75, 3.05) is 0 Å². The van der Waals surface area contributed by atoms with Crippen LogP contribution in [0.3, 0.4) is 0 Å². The minimum absolute atomic E-state index is 0.0494. The van der Waals surface area contributed by atoms with Crippen LogP contribution < -0.4 is 0 Å². The summed E-state index contributed by atoms with van der Waals surface area (Å²) in [7, 11) is -1.76. The van der Waals surface area contributed by atoms with Crippen molar-refractivity contribution in [3.05, 3.63) is 25.3 Å². The van der Waals surface area contributed by atoms with Gasteiger partial charge in [0.25, 0.3) is 0 Å². The van der Waals surface area contributed by atoms with Gasteiger partial charge in [0, 0.05) is 0 Å². The number of amides is 1. The molecular weight excluding hydrogens is 214 g/mol. The monoisotopic (exact) mass is 237 g/mol. The van der Waals surface area contributed by atoms with Crippen LogP contribution in [-0.2, 0) is 4.79 Å². The maximum Gasteiger partial charge on any atom is 0.224 e. The number of β-lactam (4-membered cyclic amide) rings is 1. The molecule has 1 aliphatic rings. The maximum atomic E-state index is 12.1. The molecule has 1 heterocycles. The smallest absolute Gasteiger partial charge is 0.224 e.